The van der Waals surface area contributed by atoms with E-state index in [1.165, 1.54) is 96.3 Å². The summed E-state index contributed by atoms with van der Waals surface area (Å²) in [6.45, 7) is 3.54. The van der Waals surface area contributed by atoms with Gasteiger partial charge in [0.05, 0.1) is 26.4 Å². The molecule has 456 valence electrons. The zero-order valence-corrected chi connectivity index (χ0v) is 49.1. The van der Waals surface area contributed by atoms with Crippen molar-refractivity contribution < 1.29 is 69.0 Å². The fraction of sp³-hybridized carbons (Fsp3) is 0.769. The van der Waals surface area contributed by atoms with Crippen molar-refractivity contribution in [2.75, 3.05) is 33.0 Å². The van der Waals surface area contributed by atoms with Crippen LogP contribution in [0.2, 0.25) is 0 Å². The van der Waals surface area contributed by atoms with Gasteiger partial charge < -0.3 is 64.2 Å². The van der Waals surface area contributed by atoms with Crippen LogP contribution in [0.25, 0.3) is 0 Å². The number of carbonyl (C=O) groups is 1. The van der Waals surface area contributed by atoms with E-state index in [0.717, 1.165) is 96.3 Å². The lowest BCUT2D eigenvalue weighted by Gasteiger charge is -2.42. The number of allylic oxidation sites excluding steroid dienone is 14. The van der Waals surface area contributed by atoms with Crippen molar-refractivity contribution >= 4 is 5.97 Å². The molecule has 14 heteroatoms. The van der Waals surface area contributed by atoms with Crippen LogP contribution >= 0.6 is 0 Å². The number of rotatable bonds is 50. The standard InChI is InChI=1S/C65H112O14/c1-3-5-7-9-11-13-15-17-19-21-23-25-27-28-30-32-34-36-38-40-42-44-46-48-57(67)77-54(51-74-49-47-45-43-41-39-37-35-33-31-29-26-24-22-20-18-16-14-12-10-8-6-4-2)52-75-64-63(73)61(71)59(69)56(79-64)53-76-65-62(72)60(70)58(68)55(50-66)78-65/h6,8,12,14-15,17-18,20-21,23-24,26,31,33,54-56,58-66,68-73H,3-5,7,9-11,13,16,19,22,25,27-30,32,34-53H2,1-2H3/b8-6-,14-12-,17-15-,20-18-,23-21-,26-24-,33-31-. The first kappa shape index (κ1) is 72.3. The molecular weight excluding hydrogens is 1000 g/mol. The molecule has 0 aromatic rings. The number of hydrogen-bond donors (Lipinski definition) is 7. The summed E-state index contributed by atoms with van der Waals surface area (Å²) in [5, 5.41) is 72.5. The summed E-state index contributed by atoms with van der Waals surface area (Å²) < 4.78 is 34.4. The molecular formula is C65H112O14. The Morgan fingerprint density at radius 2 is 0.823 bits per heavy atom. The van der Waals surface area contributed by atoms with Crippen LogP contribution in [0, 0.1) is 0 Å². The van der Waals surface area contributed by atoms with E-state index in [9.17, 15) is 40.5 Å². The minimum Gasteiger partial charge on any atom is -0.457 e. The molecule has 2 rings (SSSR count). The first-order chi connectivity index (χ1) is 38.6. The summed E-state index contributed by atoms with van der Waals surface area (Å²) in [7, 11) is 0. The number of hydrogen-bond acceptors (Lipinski definition) is 14. The molecule has 0 aliphatic carbocycles. The van der Waals surface area contributed by atoms with E-state index >= 15 is 0 Å². The SMILES string of the molecule is CC/C=C\C/C=C\C/C=C\C/C=C\C/C=C\CCCCCCCCOCC(COC1OC(COC2OC(CO)C(O)C(O)C2O)C(O)C(O)C1O)OC(=O)CCCCCCCCCCCCC/C=C\C/C=C\CCCCCCC. The third-order valence-electron chi connectivity index (χ3n) is 14.4. The number of ether oxygens (including phenoxy) is 6. The second kappa shape index (κ2) is 50.9. The minimum absolute atomic E-state index is 0.0465. The van der Waals surface area contributed by atoms with Crippen LogP contribution in [0.4, 0.5) is 0 Å². The lowest BCUT2D eigenvalue weighted by atomic mass is 9.98. The Morgan fingerprint density at radius 1 is 0.430 bits per heavy atom. The maximum absolute atomic E-state index is 13.1. The lowest BCUT2D eigenvalue weighted by Crippen LogP contribution is -2.61. The van der Waals surface area contributed by atoms with Gasteiger partial charge in [-0.15, -0.1) is 0 Å². The number of esters is 1. The minimum atomic E-state index is -1.72. The molecule has 79 heavy (non-hydrogen) atoms. The zero-order valence-electron chi connectivity index (χ0n) is 49.1. The van der Waals surface area contributed by atoms with Crippen LogP contribution < -0.4 is 0 Å². The largest absolute Gasteiger partial charge is 0.457 e. The van der Waals surface area contributed by atoms with Gasteiger partial charge in [0.1, 0.15) is 54.9 Å². The molecule has 14 nitrogen and oxygen atoms in total. The van der Waals surface area contributed by atoms with E-state index in [0.29, 0.717) is 13.0 Å². The summed E-state index contributed by atoms with van der Waals surface area (Å²) in [6.07, 6.45) is 50.7. The molecule has 0 aromatic carbocycles. The summed E-state index contributed by atoms with van der Waals surface area (Å²) >= 11 is 0. The average Bonchev–Trinajstić information content (AvgIpc) is 3.46. The summed E-state index contributed by atoms with van der Waals surface area (Å²) in [5.74, 6) is -0.385. The van der Waals surface area contributed by atoms with Gasteiger partial charge in [-0.3, -0.25) is 4.79 Å². The second-order valence-electron chi connectivity index (χ2n) is 21.5. The monoisotopic (exact) mass is 1120 g/mol. The molecule has 2 saturated heterocycles. The normalized spacial score (nSPS) is 24.6. The van der Waals surface area contributed by atoms with Crippen LogP contribution in [0.15, 0.2) is 85.1 Å². The fourth-order valence-electron chi connectivity index (χ4n) is 9.40. The lowest BCUT2D eigenvalue weighted by molar-refractivity contribution is -0.332. The number of carbonyl (C=O) groups excluding carboxylic acids is 1. The summed E-state index contributed by atoms with van der Waals surface area (Å²) in [4.78, 5) is 13.1. The van der Waals surface area contributed by atoms with Gasteiger partial charge in [0.2, 0.25) is 0 Å². The molecule has 0 saturated carbocycles. The van der Waals surface area contributed by atoms with Gasteiger partial charge in [-0.2, -0.15) is 0 Å². The smallest absolute Gasteiger partial charge is 0.306 e. The molecule has 0 bridgehead atoms. The zero-order chi connectivity index (χ0) is 57.2. The number of unbranched alkanes of at least 4 members (excludes halogenated alkanes) is 22. The van der Waals surface area contributed by atoms with E-state index < -0.39 is 80.7 Å². The van der Waals surface area contributed by atoms with Gasteiger partial charge in [-0.25, -0.2) is 0 Å². The molecule has 11 atom stereocenters. The highest BCUT2D eigenvalue weighted by Gasteiger charge is 2.47. The van der Waals surface area contributed by atoms with Crippen LogP contribution in [-0.2, 0) is 33.2 Å². The maximum Gasteiger partial charge on any atom is 0.306 e. The topological polar surface area (TPSA) is 214 Å². The van der Waals surface area contributed by atoms with Crippen LogP contribution in [0.1, 0.15) is 219 Å². The predicted molar refractivity (Wildman–Crippen MR) is 316 cm³/mol. The molecule has 2 fully saturated rings. The van der Waals surface area contributed by atoms with E-state index in [1.807, 2.05) is 0 Å². The molecule has 0 radical (unpaired) electrons. The van der Waals surface area contributed by atoms with Crippen LogP contribution in [0.5, 0.6) is 0 Å². The Kier molecular flexibility index (Phi) is 46.5. The third-order valence-corrected chi connectivity index (χ3v) is 14.4. The number of aliphatic hydroxyl groups excluding tert-OH is 7. The van der Waals surface area contributed by atoms with E-state index in [4.69, 9.17) is 28.4 Å². The Morgan fingerprint density at radius 3 is 1.29 bits per heavy atom. The fourth-order valence-corrected chi connectivity index (χ4v) is 9.40. The second-order valence-corrected chi connectivity index (χ2v) is 21.5. The van der Waals surface area contributed by atoms with Crippen LogP contribution in [-0.4, -0.2) is 142 Å². The molecule has 0 amide bonds. The average molecular weight is 1120 g/mol. The van der Waals surface area contributed by atoms with E-state index in [2.05, 4.69) is 98.9 Å². The highest BCUT2D eigenvalue weighted by atomic mass is 16.7. The molecule has 2 aliphatic heterocycles. The van der Waals surface area contributed by atoms with Gasteiger partial charge in [0, 0.05) is 13.0 Å². The Balaban J connectivity index is 1.70. The molecule has 0 spiro atoms. The van der Waals surface area contributed by atoms with Crippen molar-refractivity contribution in [1.29, 1.82) is 0 Å². The van der Waals surface area contributed by atoms with Gasteiger partial charge in [0.15, 0.2) is 12.6 Å². The Labute approximate surface area is 478 Å². The van der Waals surface area contributed by atoms with Crippen molar-refractivity contribution in [2.45, 2.75) is 287 Å². The molecule has 2 heterocycles. The van der Waals surface area contributed by atoms with Crippen molar-refractivity contribution in [3.05, 3.63) is 85.1 Å². The van der Waals surface area contributed by atoms with Crippen molar-refractivity contribution in [1.82, 2.24) is 0 Å². The quantitative estimate of drug-likeness (QED) is 0.0172. The molecule has 7 N–H and O–H groups in total. The number of aliphatic hydroxyl groups is 7. The van der Waals surface area contributed by atoms with Gasteiger partial charge >= 0.3 is 5.97 Å². The predicted octanol–water partition coefficient (Wildman–Crippen LogP) is 12.0. The van der Waals surface area contributed by atoms with Crippen molar-refractivity contribution in [3.8, 4) is 0 Å². The Hall–Kier alpha value is -2.83. The summed E-state index contributed by atoms with van der Waals surface area (Å²) in [6, 6.07) is 0. The highest BCUT2D eigenvalue weighted by Crippen LogP contribution is 2.27. The molecule has 2 aliphatic rings. The maximum atomic E-state index is 13.1. The van der Waals surface area contributed by atoms with E-state index in [-0.39, 0.29) is 25.6 Å². The van der Waals surface area contributed by atoms with Gasteiger partial charge in [-0.1, -0.05) is 208 Å². The molecule has 0 aromatic heterocycles. The highest BCUT2D eigenvalue weighted by molar-refractivity contribution is 5.69. The van der Waals surface area contributed by atoms with Crippen LogP contribution in [0.3, 0.4) is 0 Å². The van der Waals surface area contributed by atoms with E-state index in [1.54, 1.807) is 0 Å². The first-order valence-corrected chi connectivity index (χ1v) is 31.2. The van der Waals surface area contributed by atoms with Crippen molar-refractivity contribution in [3.63, 3.8) is 0 Å². The first-order valence-electron chi connectivity index (χ1n) is 31.2. The Bertz CT molecular complexity index is 1630. The third kappa shape index (κ3) is 37.1. The molecule has 11 unspecified atom stereocenters. The van der Waals surface area contributed by atoms with Gasteiger partial charge in [-0.05, 0) is 89.9 Å². The van der Waals surface area contributed by atoms with Gasteiger partial charge in [0.25, 0.3) is 0 Å². The summed E-state index contributed by atoms with van der Waals surface area (Å²) in [5.41, 5.74) is 0. The van der Waals surface area contributed by atoms with Crippen molar-refractivity contribution in [2.24, 2.45) is 0 Å².